The van der Waals surface area contributed by atoms with Gasteiger partial charge in [0.1, 0.15) is 0 Å². The number of carboxylic acids is 1. The molecule has 2 nitrogen and oxygen atoms in total. The zero-order chi connectivity index (χ0) is 10.8. The number of rotatable bonds is 9. The van der Waals surface area contributed by atoms with E-state index in [0.29, 0.717) is 0 Å². The number of carbonyl (C=O) groups is 1. The average molecular weight is 221 g/mol. The number of hydrogen-bond donors (Lipinski definition) is 0. The van der Waals surface area contributed by atoms with Crippen molar-refractivity contribution >= 4 is 5.97 Å². The fourth-order valence-corrected chi connectivity index (χ4v) is 1.59. The number of unbranched alkanes of at least 4 members (excludes halogenated alkanes) is 4. The van der Waals surface area contributed by atoms with Crippen LogP contribution >= 0.6 is 0 Å². The van der Waals surface area contributed by atoms with Crippen LogP contribution in [0.5, 0.6) is 0 Å². The van der Waals surface area contributed by atoms with Crippen molar-refractivity contribution in [1.29, 1.82) is 0 Å². The van der Waals surface area contributed by atoms with E-state index in [0.717, 1.165) is 38.5 Å². The first-order valence-corrected chi connectivity index (χ1v) is 5.72. The van der Waals surface area contributed by atoms with Gasteiger partial charge in [0.15, 0.2) is 0 Å². The number of carboxylic acid groups (broad SMARTS) is 1. The van der Waals surface area contributed by atoms with Gasteiger partial charge in [0.05, 0.1) is 0 Å². The first-order valence-electron chi connectivity index (χ1n) is 5.72. The summed E-state index contributed by atoms with van der Waals surface area (Å²) >= 11 is 0. The van der Waals surface area contributed by atoms with E-state index in [-0.39, 0.29) is 35.5 Å². The molecule has 0 aliphatic rings. The molecular formula is C12H22NaO2. The molecule has 0 bridgehead atoms. The molecule has 0 aliphatic heterocycles. The van der Waals surface area contributed by atoms with E-state index < -0.39 is 5.97 Å². The van der Waals surface area contributed by atoms with Crippen LogP contribution in [0.2, 0.25) is 0 Å². The van der Waals surface area contributed by atoms with Crippen LogP contribution in [0.15, 0.2) is 0 Å². The van der Waals surface area contributed by atoms with Gasteiger partial charge in [-0.1, -0.05) is 52.4 Å². The zero-order valence-electron chi connectivity index (χ0n) is 10.3. The van der Waals surface area contributed by atoms with Crippen LogP contribution in [-0.4, -0.2) is 5.97 Å². The van der Waals surface area contributed by atoms with Gasteiger partial charge < -0.3 is 9.90 Å². The molecule has 0 amide bonds. The summed E-state index contributed by atoms with van der Waals surface area (Å²) in [6.07, 6.45) is 7.78. The van der Waals surface area contributed by atoms with Crippen LogP contribution in [0.1, 0.15) is 58.3 Å². The molecule has 0 spiro atoms. The van der Waals surface area contributed by atoms with E-state index in [1.54, 1.807) is 0 Å². The maximum atomic E-state index is 10.7. The Balaban J connectivity index is 0. The van der Waals surface area contributed by atoms with Crippen LogP contribution < -0.4 is 34.7 Å². The van der Waals surface area contributed by atoms with Crippen molar-refractivity contribution < 1.29 is 39.5 Å². The van der Waals surface area contributed by atoms with Crippen LogP contribution in [0, 0.1) is 12.8 Å². The Morgan fingerprint density at radius 3 is 2.27 bits per heavy atom. The van der Waals surface area contributed by atoms with E-state index in [9.17, 15) is 9.90 Å². The quantitative estimate of drug-likeness (QED) is 0.383. The maximum absolute atomic E-state index is 10.7. The normalized spacial score (nSPS) is 11.9. The molecule has 0 aromatic heterocycles. The van der Waals surface area contributed by atoms with Crippen LogP contribution in [0.25, 0.3) is 0 Å². The van der Waals surface area contributed by atoms with E-state index in [4.69, 9.17) is 0 Å². The van der Waals surface area contributed by atoms with Crippen molar-refractivity contribution in [3.05, 3.63) is 6.92 Å². The summed E-state index contributed by atoms with van der Waals surface area (Å²) in [7, 11) is 0. The predicted octanol–water partition coefficient (Wildman–Crippen LogP) is -0.669. The van der Waals surface area contributed by atoms with Gasteiger partial charge in [-0.05, 0) is 18.8 Å². The van der Waals surface area contributed by atoms with Crippen molar-refractivity contribution in [1.82, 2.24) is 0 Å². The minimum Gasteiger partial charge on any atom is -0.550 e. The van der Waals surface area contributed by atoms with Gasteiger partial charge in [-0.25, -0.2) is 0 Å². The summed E-state index contributed by atoms with van der Waals surface area (Å²) in [5.41, 5.74) is 0. The number of hydrogen-bond acceptors (Lipinski definition) is 2. The fraction of sp³-hybridized carbons (Fsp3) is 0.833. The van der Waals surface area contributed by atoms with Gasteiger partial charge in [0, 0.05) is 5.97 Å². The van der Waals surface area contributed by atoms with Gasteiger partial charge in [0.25, 0.3) is 0 Å². The summed E-state index contributed by atoms with van der Waals surface area (Å²) in [4.78, 5) is 10.7. The standard InChI is InChI=1S/C12H23O2.Na/c1-3-5-7-8-10-11(12(13)14)9-6-4-2;/h11H,2-10H2,1H3,(H,13,14);/q;+1/p-1. The van der Waals surface area contributed by atoms with Gasteiger partial charge in [0.2, 0.25) is 0 Å². The second kappa shape index (κ2) is 12.5. The molecule has 15 heavy (non-hydrogen) atoms. The fourth-order valence-electron chi connectivity index (χ4n) is 1.59. The molecule has 0 aliphatic carbocycles. The second-order valence-corrected chi connectivity index (χ2v) is 3.86. The summed E-state index contributed by atoms with van der Waals surface area (Å²) in [5.74, 6) is -1.12. The van der Waals surface area contributed by atoms with Crippen molar-refractivity contribution in [2.75, 3.05) is 0 Å². The largest absolute Gasteiger partial charge is 1.00 e. The van der Waals surface area contributed by atoms with Crippen LogP contribution in [0.3, 0.4) is 0 Å². The number of aliphatic carboxylic acids is 1. The van der Waals surface area contributed by atoms with Gasteiger partial charge in [-0.2, -0.15) is 0 Å². The summed E-state index contributed by atoms with van der Waals surface area (Å²) in [6.45, 7) is 5.87. The van der Waals surface area contributed by atoms with Crippen molar-refractivity contribution in [3.63, 3.8) is 0 Å². The predicted molar refractivity (Wildman–Crippen MR) is 56.5 cm³/mol. The molecule has 0 saturated carbocycles. The summed E-state index contributed by atoms with van der Waals surface area (Å²) < 4.78 is 0. The van der Waals surface area contributed by atoms with Crippen molar-refractivity contribution in [2.24, 2.45) is 5.92 Å². The Morgan fingerprint density at radius 1 is 1.20 bits per heavy atom. The monoisotopic (exact) mass is 221 g/mol. The molecule has 0 N–H and O–H groups in total. The van der Waals surface area contributed by atoms with E-state index in [1.165, 1.54) is 12.8 Å². The SMILES string of the molecule is [CH2]CCCC(CCCCCC)C(=O)[O-].[Na+]. The van der Waals surface area contributed by atoms with Crippen molar-refractivity contribution in [3.8, 4) is 0 Å². The molecule has 1 radical (unpaired) electrons. The molecule has 0 rings (SSSR count). The molecule has 0 saturated heterocycles. The van der Waals surface area contributed by atoms with E-state index >= 15 is 0 Å². The average Bonchev–Trinajstić information content (AvgIpc) is 2.16. The second-order valence-electron chi connectivity index (χ2n) is 3.86. The van der Waals surface area contributed by atoms with E-state index in [2.05, 4.69) is 13.8 Å². The minimum absolute atomic E-state index is 0. The Bertz CT molecular complexity index is 149. The first kappa shape index (κ1) is 17.9. The third-order valence-corrected chi connectivity index (χ3v) is 2.54. The molecule has 0 aromatic carbocycles. The Kier molecular flexibility index (Phi) is 14.9. The molecule has 83 valence electrons. The summed E-state index contributed by atoms with van der Waals surface area (Å²) in [5, 5.41) is 10.7. The summed E-state index contributed by atoms with van der Waals surface area (Å²) in [6, 6.07) is 0. The molecule has 3 heteroatoms. The molecule has 0 fully saturated rings. The van der Waals surface area contributed by atoms with Crippen LogP contribution in [-0.2, 0) is 4.79 Å². The minimum atomic E-state index is -0.880. The van der Waals surface area contributed by atoms with Crippen molar-refractivity contribution in [2.45, 2.75) is 58.3 Å². The molecule has 1 unspecified atom stereocenters. The Hall–Kier alpha value is 0.470. The Morgan fingerprint density at radius 2 is 1.80 bits per heavy atom. The third-order valence-electron chi connectivity index (χ3n) is 2.54. The molecule has 0 aromatic rings. The molecular weight excluding hydrogens is 199 g/mol. The Labute approximate surface area is 116 Å². The zero-order valence-corrected chi connectivity index (χ0v) is 12.3. The smallest absolute Gasteiger partial charge is 0.550 e. The van der Waals surface area contributed by atoms with Gasteiger partial charge in [-0.15, -0.1) is 0 Å². The third kappa shape index (κ3) is 10.7. The number of carbonyl (C=O) groups excluding carboxylic acids is 1. The van der Waals surface area contributed by atoms with Gasteiger partial charge >= 0.3 is 29.6 Å². The topological polar surface area (TPSA) is 40.1 Å². The molecule has 0 heterocycles. The molecule has 1 atom stereocenters. The van der Waals surface area contributed by atoms with Crippen LogP contribution in [0.4, 0.5) is 0 Å². The van der Waals surface area contributed by atoms with Gasteiger partial charge in [-0.3, -0.25) is 0 Å². The maximum Gasteiger partial charge on any atom is 1.00 e. The van der Waals surface area contributed by atoms with E-state index in [1.807, 2.05) is 0 Å². The first-order chi connectivity index (χ1) is 6.72.